The number of hydrogen-bond donors (Lipinski definition) is 1. The van der Waals surface area contributed by atoms with Crippen molar-refractivity contribution in [1.82, 2.24) is 4.90 Å². The maximum atomic E-state index is 5.57. The van der Waals surface area contributed by atoms with Crippen LogP contribution in [-0.2, 0) is 0 Å². The molecule has 0 rings (SSSR count). The van der Waals surface area contributed by atoms with Gasteiger partial charge in [0.05, 0.1) is 0 Å². The van der Waals surface area contributed by atoms with Crippen molar-refractivity contribution in [2.24, 2.45) is 10.7 Å². The van der Waals surface area contributed by atoms with Crippen LogP contribution in [0, 0.1) is 0 Å². The predicted molar refractivity (Wildman–Crippen MR) is 49.6 cm³/mol. The second kappa shape index (κ2) is 4.77. The quantitative estimate of drug-likeness (QED) is 0.484. The van der Waals surface area contributed by atoms with Crippen molar-refractivity contribution in [1.29, 1.82) is 0 Å². The van der Waals surface area contributed by atoms with E-state index in [1.165, 1.54) is 0 Å². The Hall–Kier alpha value is -0.990. The zero-order valence-electron chi connectivity index (χ0n) is 7.76. The van der Waals surface area contributed by atoms with Crippen LogP contribution in [-0.4, -0.2) is 31.4 Å². The lowest BCUT2D eigenvalue weighted by molar-refractivity contribution is 0.482. The van der Waals surface area contributed by atoms with Gasteiger partial charge in [-0.2, -0.15) is 0 Å². The zero-order valence-corrected chi connectivity index (χ0v) is 7.76. The second-order valence-electron chi connectivity index (χ2n) is 2.49. The third-order valence-corrected chi connectivity index (χ3v) is 1.56. The lowest BCUT2D eigenvalue weighted by atomic mass is 10.3. The molecular weight excluding hydrogens is 138 g/mol. The summed E-state index contributed by atoms with van der Waals surface area (Å²) >= 11 is 0. The Balaban J connectivity index is 4.21. The molecule has 64 valence electrons. The Morgan fingerprint density at radius 1 is 1.64 bits per heavy atom. The van der Waals surface area contributed by atoms with E-state index < -0.39 is 0 Å². The first-order valence-electron chi connectivity index (χ1n) is 3.73. The van der Waals surface area contributed by atoms with E-state index in [0.29, 0.717) is 5.84 Å². The molecule has 0 unspecified atom stereocenters. The van der Waals surface area contributed by atoms with Gasteiger partial charge in [0, 0.05) is 32.4 Å². The minimum Gasteiger partial charge on any atom is -0.384 e. The van der Waals surface area contributed by atoms with Gasteiger partial charge in [-0.15, -0.1) is 0 Å². The fourth-order valence-electron chi connectivity index (χ4n) is 0.664. The molecule has 0 atom stereocenters. The van der Waals surface area contributed by atoms with Gasteiger partial charge in [0.25, 0.3) is 0 Å². The molecule has 0 bridgehead atoms. The Labute approximate surface area is 68.6 Å². The number of aliphatic imine (C=N–C) groups is 1. The van der Waals surface area contributed by atoms with E-state index in [1.807, 2.05) is 20.2 Å². The van der Waals surface area contributed by atoms with Gasteiger partial charge in [0.15, 0.2) is 0 Å². The lowest BCUT2D eigenvalue weighted by Crippen LogP contribution is -2.17. The first-order valence-corrected chi connectivity index (χ1v) is 3.73. The van der Waals surface area contributed by atoms with E-state index in [4.69, 9.17) is 5.73 Å². The number of nitrogens with zero attached hydrogens (tertiary/aromatic N) is 2. The van der Waals surface area contributed by atoms with E-state index >= 15 is 0 Å². The molecule has 0 aromatic heterocycles. The summed E-state index contributed by atoms with van der Waals surface area (Å²) in [7, 11) is 3.70. The molecule has 0 spiro atoms. The number of hydrogen-bond acceptors (Lipinski definition) is 2. The molecule has 3 nitrogen and oxygen atoms in total. The molecule has 0 aromatic rings. The van der Waals surface area contributed by atoms with Crippen molar-refractivity contribution in [2.45, 2.75) is 13.8 Å². The first kappa shape index (κ1) is 10.0. The highest BCUT2D eigenvalue weighted by Gasteiger charge is 1.94. The Kier molecular flexibility index (Phi) is 4.34. The van der Waals surface area contributed by atoms with Gasteiger partial charge in [-0.1, -0.05) is 0 Å². The fourth-order valence-corrected chi connectivity index (χ4v) is 0.664. The average Bonchev–Trinajstić information content (AvgIpc) is 2.02. The normalized spacial score (nSPS) is 13.5. The highest BCUT2D eigenvalue weighted by Crippen LogP contribution is 1.94. The maximum absolute atomic E-state index is 5.57. The van der Waals surface area contributed by atoms with E-state index in [9.17, 15) is 0 Å². The van der Waals surface area contributed by atoms with Crippen LogP contribution >= 0.6 is 0 Å². The van der Waals surface area contributed by atoms with Gasteiger partial charge >= 0.3 is 0 Å². The minimum absolute atomic E-state index is 0.602. The van der Waals surface area contributed by atoms with Gasteiger partial charge in [-0.25, -0.2) is 0 Å². The summed E-state index contributed by atoms with van der Waals surface area (Å²) in [6, 6.07) is 0. The Morgan fingerprint density at radius 3 is 2.55 bits per heavy atom. The molecule has 0 fully saturated rings. The van der Waals surface area contributed by atoms with Gasteiger partial charge < -0.3 is 10.6 Å². The van der Waals surface area contributed by atoms with Gasteiger partial charge in [-0.05, 0) is 13.8 Å². The van der Waals surface area contributed by atoms with Crippen molar-refractivity contribution in [3.63, 3.8) is 0 Å². The number of nitrogens with two attached hydrogens (primary N) is 1. The highest BCUT2D eigenvalue weighted by molar-refractivity contribution is 5.96. The summed E-state index contributed by atoms with van der Waals surface area (Å²) in [4.78, 5) is 5.94. The standard InChI is InChI=1S/C8H17N3/c1-5-11(4)6-7(2)8(9)10-3/h6H,5H2,1-4H3,(H2,9,10)/b7-6-. The summed E-state index contributed by atoms with van der Waals surface area (Å²) < 4.78 is 0. The molecule has 0 heterocycles. The molecule has 3 heteroatoms. The van der Waals surface area contributed by atoms with Crippen LogP contribution in [0.3, 0.4) is 0 Å². The van der Waals surface area contributed by atoms with E-state index in [-0.39, 0.29) is 0 Å². The molecule has 0 saturated heterocycles. The van der Waals surface area contributed by atoms with Crippen molar-refractivity contribution < 1.29 is 0 Å². The van der Waals surface area contributed by atoms with Crippen molar-refractivity contribution in [3.8, 4) is 0 Å². The largest absolute Gasteiger partial charge is 0.384 e. The summed E-state index contributed by atoms with van der Waals surface area (Å²) in [6.45, 7) is 5.02. The monoisotopic (exact) mass is 155 g/mol. The summed E-state index contributed by atoms with van der Waals surface area (Å²) in [5, 5.41) is 0. The van der Waals surface area contributed by atoms with E-state index in [2.05, 4.69) is 16.8 Å². The summed E-state index contributed by atoms with van der Waals surface area (Å²) in [6.07, 6.45) is 1.99. The number of rotatable bonds is 3. The molecule has 0 aromatic carbocycles. The predicted octanol–water partition coefficient (Wildman–Crippen LogP) is 0.829. The summed E-state index contributed by atoms with van der Waals surface area (Å²) in [5.41, 5.74) is 6.59. The molecule has 0 radical (unpaired) electrons. The molecular formula is C8H17N3. The fraction of sp³-hybridized carbons (Fsp3) is 0.625. The van der Waals surface area contributed by atoms with Crippen molar-refractivity contribution in [2.75, 3.05) is 20.6 Å². The molecule has 11 heavy (non-hydrogen) atoms. The van der Waals surface area contributed by atoms with Gasteiger partial charge in [-0.3, -0.25) is 4.99 Å². The van der Waals surface area contributed by atoms with Crippen LogP contribution in [0.25, 0.3) is 0 Å². The molecule has 0 amide bonds. The first-order chi connectivity index (χ1) is 5.11. The number of amidine groups is 1. The van der Waals surface area contributed by atoms with Crippen molar-refractivity contribution >= 4 is 5.84 Å². The van der Waals surface area contributed by atoms with Crippen LogP contribution in [0.5, 0.6) is 0 Å². The maximum Gasteiger partial charge on any atom is 0.122 e. The van der Waals surface area contributed by atoms with Crippen molar-refractivity contribution in [3.05, 3.63) is 11.8 Å². The van der Waals surface area contributed by atoms with E-state index in [1.54, 1.807) is 7.05 Å². The van der Waals surface area contributed by atoms with Crippen LogP contribution in [0.15, 0.2) is 16.8 Å². The van der Waals surface area contributed by atoms with Crippen LogP contribution < -0.4 is 5.73 Å². The highest BCUT2D eigenvalue weighted by atomic mass is 15.1. The van der Waals surface area contributed by atoms with Crippen LogP contribution in [0.4, 0.5) is 0 Å². The van der Waals surface area contributed by atoms with Gasteiger partial charge in [0.2, 0.25) is 0 Å². The van der Waals surface area contributed by atoms with Gasteiger partial charge in [0.1, 0.15) is 5.84 Å². The SMILES string of the molecule is CCN(C)/C=C(/C)C(N)=NC. The topological polar surface area (TPSA) is 41.6 Å². The van der Waals surface area contributed by atoms with E-state index in [0.717, 1.165) is 12.1 Å². The summed E-state index contributed by atoms with van der Waals surface area (Å²) in [5.74, 6) is 0.602. The Morgan fingerprint density at radius 2 is 2.18 bits per heavy atom. The second-order valence-corrected chi connectivity index (χ2v) is 2.49. The minimum atomic E-state index is 0.602. The van der Waals surface area contributed by atoms with Crippen LogP contribution in [0.1, 0.15) is 13.8 Å². The molecule has 0 aliphatic carbocycles. The third kappa shape index (κ3) is 3.65. The molecule has 2 N–H and O–H groups in total. The molecule has 0 saturated carbocycles. The lowest BCUT2D eigenvalue weighted by Gasteiger charge is -2.11. The Bertz CT molecular complexity index is 170. The third-order valence-electron chi connectivity index (χ3n) is 1.56. The van der Waals surface area contributed by atoms with Crippen LogP contribution in [0.2, 0.25) is 0 Å². The molecule has 0 aliphatic rings. The average molecular weight is 155 g/mol. The molecule has 0 aliphatic heterocycles. The smallest absolute Gasteiger partial charge is 0.122 e. The zero-order chi connectivity index (χ0) is 8.85.